The Morgan fingerprint density at radius 3 is 2.30 bits per heavy atom. The van der Waals surface area contributed by atoms with Crippen LogP contribution in [0.15, 0.2) is 36.0 Å². The molecule has 0 fully saturated rings. The molecule has 0 unspecified atom stereocenters. The van der Waals surface area contributed by atoms with Crippen molar-refractivity contribution in [3.63, 3.8) is 0 Å². The maximum absolute atomic E-state index is 3.65. The predicted molar refractivity (Wildman–Crippen MR) is 48.0 cm³/mol. The third kappa shape index (κ3) is 4.13. The molecule has 0 aliphatic carbocycles. The van der Waals surface area contributed by atoms with E-state index in [9.17, 15) is 0 Å². The number of rotatable bonds is 3. The van der Waals surface area contributed by atoms with E-state index in [4.69, 9.17) is 0 Å². The minimum Gasteiger partial charge on any atom is -0.0991 e. The van der Waals surface area contributed by atoms with Gasteiger partial charge < -0.3 is 0 Å². The third-order valence-electron chi connectivity index (χ3n) is 1.21. The minimum atomic E-state index is 1.08. The van der Waals surface area contributed by atoms with Crippen molar-refractivity contribution in [3.8, 4) is 0 Å². The summed E-state index contributed by atoms with van der Waals surface area (Å²) in [6.45, 7) is 10.0. The molecule has 10 heavy (non-hydrogen) atoms. The van der Waals surface area contributed by atoms with Crippen LogP contribution in [-0.4, -0.2) is 0 Å². The largest absolute Gasteiger partial charge is 0.0991 e. The van der Waals surface area contributed by atoms with E-state index in [2.05, 4.69) is 33.4 Å². The van der Waals surface area contributed by atoms with Crippen LogP contribution in [0.4, 0.5) is 0 Å². The fraction of sp³-hybridized carbons (Fsp3) is 0.400. The Hall–Kier alpha value is -0.780. The quantitative estimate of drug-likeness (QED) is 0.521. The van der Waals surface area contributed by atoms with Crippen molar-refractivity contribution in [3.05, 3.63) is 36.0 Å². The Kier molecular flexibility index (Phi) is 4.65. The standard InChI is InChI=1S/C10H16/c1-5-7-10(6-2)8-9(3)4/h5,7-8H,1,6H2,2-4H3/b10-7-. The molecule has 0 heteroatoms. The van der Waals surface area contributed by atoms with Crippen molar-refractivity contribution in [2.24, 2.45) is 0 Å². The van der Waals surface area contributed by atoms with Crippen molar-refractivity contribution in [2.45, 2.75) is 27.2 Å². The van der Waals surface area contributed by atoms with Gasteiger partial charge in [0.05, 0.1) is 0 Å². The second-order valence-corrected chi connectivity index (χ2v) is 2.55. The molecule has 0 amide bonds. The zero-order valence-corrected chi connectivity index (χ0v) is 7.15. The van der Waals surface area contributed by atoms with E-state index in [0.717, 1.165) is 6.42 Å². The highest BCUT2D eigenvalue weighted by Gasteiger charge is 1.85. The predicted octanol–water partition coefficient (Wildman–Crippen LogP) is 3.48. The van der Waals surface area contributed by atoms with Crippen molar-refractivity contribution >= 4 is 0 Å². The van der Waals surface area contributed by atoms with E-state index in [1.807, 2.05) is 12.2 Å². The first-order valence-corrected chi connectivity index (χ1v) is 3.67. The molecule has 56 valence electrons. The Balaban J connectivity index is 4.22. The van der Waals surface area contributed by atoms with Crippen LogP contribution in [0.2, 0.25) is 0 Å². The first-order chi connectivity index (χ1) is 4.70. The summed E-state index contributed by atoms with van der Waals surface area (Å²) < 4.78 is 0. The van der Waals surface area contributed by atoms with Crippen LogP contribution < -0.4 is 0 Å². The topological polar surface area (TPSA) is 0 Å². The molecule has 0 aliphatic rings. The summed E-state index contributed by atoms with van der Waals surface area (Å²) in [5.41, 5.74) is 2.69. The Bertz CT molecular complexity index is 152. The van der Waals surface area contributed by atoms with Gasteiger partial charge in [-0.2, -0.15) is 0 Å². The van der Waals surface area contributed by atoms with E-state index in [0.29, 0.717) is 0 Å². The van der Waals surface area contributed by atoms with Crippen LogP contribution in [0.25, 0.3) is 0 Å². The van der Waals surface area contributed by atoms with Crippen LogP contribution in [0.3, 0.4) is 0 Å². The zero-order chi connectivity index (χ0) is 7.98. The third-order valence-corrected chi connectivity index (χ3v) is 1.21. The summed E-state index contributed by atoms with van der Waals surface area (Å²) in [6.07, 6.45) is 7.14. The summed E-state index contributed by atoms with van der Waals surface area (Å²) >= 11 is 0. The number of hydrogen-bond donors (Lipinski definition) is 0. The molecule has 0 nitrogen and oxygen atoms in total. The molecule has 0 heterocycles. The zero-order valence-electron chi connectivity index (χ0n) is 7.15. The lowest BCUT2D eigenvalue weighted by molar-refractivity contribution is 1.14. The van der Waals surface area contributed by atoms with Gasteiger partial charge in [0.1, 0.15) is 0 Å². The van der Waals surface area contributed by atoms with E-state index in [1.54, 1.807) is 0 Å². The molecule has 0 N–H and O–H groups in total. The van der Waals surface area contributed by atoms with Crippen LogP contribution >= 0.6 is 0 Å². The molecular weight excluding hydrogens is 120 g/mol. The fourth-order valence-corrected chi connectivity index (χ4v) is 0.790. The summed E-state index contributed by atoms with van der Waals surface area (Å²) in [7, 11) is 0. The average molecular weight is 136 g/mol. The highest BCUT2D eigenvalue weighted by atomic mass is 13.9. The van der Waals surface area contributed by atoms with E-state index < -0.39 is 0 Å². The van der Waals surface area contributed by atoms with E-state index >= 15 is 0 Å². The Labute approximate surface area is 64.0 Å². The Morgan fingerprint density at radius 2 is 2.00 bits per heavy atom. The van der Waals surface area contributed by atoms with Crippen LogP contribution in [0.5, 0.6) is 0 Å². The van der Waals surface area contributed by atoms with E-state index in [-0.39, 0.29) is 0 Å². The SMILES string of the molecule is C=C/C=C(\C=C(C)C)CC. The number of hydrogen-bond acceptors (Lipinski definition) is 0. The highest BCUT2D eigenvalue weighted by molar-refractivity contribution is 5.24. The molecule has 0 aromatic heterocycles. The summed E-state index contributed by atoms with van der Waals surface area (Å²) in [6, 6.07) is 0. The van der Waals surface area contributed by atoms with Gasteiger partial charge in [-0.05, 0) is 25.8 Å². The molecule has 0 aliphatic heterocycles. The number of allylic oxidation sites excluding steroid dienone is 5. The molecule has 0 saturated carbocycles. The normalized spacial score (nSPS) is 10.9. The van der Waals surface area contributed by atoms with Gasteiger partial charge in [0.2, 0.25) is 0 Å². The lowest BCUT2D eigenvalue weighted by atomic mass is 10.1. The highest BCUT2D eigenvalue weighted by Crippen LogP contribution is 2.05. The second kappa shape index (κ2) is 5.04. The van der Waals surface area contributed by atoms with Crippen molar-refractivity contribution in [1.29, 1.82) is 0 Å². The molecule has 0 aromatic rings. The van der Waals surface area contributed by atoms with Gasteiger partial charge in [-0.3, -0.25) is 0 Å². The minimum absolute atomic E-state index is 1.08. The van der Waals surface area contributed by atoms with Gasteiger partial charge in [-0.15, -0.1) is 0 Å². The molecule has 0 aromatic carbocycles. The maximum atomic E-state index is 3.65. The molecule has 0 saturated heterocycles. The smallest absolute Gasteiger partial charge is 0.0307 e. The van der Waals surface area contributed by atoms with Crippen LogP contribution in [0, 0.1) is 0 Å². The monoisotopic (exact) mass is 136 g/mol. The van der Waals surface area contributed by atoms with Crippen LogP contribution in [-0.2, 0) is 0 Å². The average Bonchev–Trinajstić information content (AvgIpc) is 1.86. The molecular formula is C10H16. The van der Waals surface area contributed by atoms with Gasteiger partial charge in [0.15, 0.2) is 0 Å². The molecule has 0 bridgehead atoms. The lowest BCUT2D eigenvalue weighted by Gasteiger charge is -1.95. The van der Waals surface area contributed by atoms with Gasteiger partial charge in [0.25, 0.3) is 0 Å². The van der Waals surface area contributed by atoms with E-state index in [1.165, 1.54) is 11.1 Å². The summed E-state index contributed by atoms with van der Waals surface area (Å²) in [4.78, 5) is 0. The summed E-state index contributed by atoms with van der Waals surface area (Å²) in [5, 5.41) is 0. The molecule has 0 rings (SSSR count). The van der Waals surface area contributed by atoms with Gasteiger partial charge in [-0.1, -0.05) is 37.3 Å². The Morgan fingerprint density at radius 1 is 1.40 bits per heavy atom. The molecule has 0 spiro atoms. The summed E-state index contributed by atoms with van der Waals surface area (Å²) in [5.74, 6) is 0. The van der Waals surface area contributed by atoms with Gasteiger partial charge in [0, 0.05) is 0 Å². The lowest BCUT2D eigenvalue weighted by Crippen LogP contribution is -1.74. The fourth-order valence-electron chi connectivity index (χ4n) is 0.790. The van der Waals surface area contributed by atoms with Crippen molar-refractivity contribution in [2.75, 3.05) is 0 Å². The van der Waals surface area contributed by atoms with Crippen molar-refractivity contribution in [1.82, 2.24) is 0 Å². The second-order valence-electron chi connectivity index (χ2n) is 2.55. The first kappa shape index (κ1) is 9.22. The van der Waals surface area contributed by atoms with Gasteiger partial charge in [-0.25, -0.2) is 0 Å². The van der Waals surface area contributed by atoms with Crippen LogP contribution in [0.1, 0.15) is 27.2 Å². The molecule has 0 radical (unpaired) electrons. The maximum Gasteiger partial charge on any atom is -0.0307 e. The van der Waals surface area contributed by atoms with Crippen molar-refractivity contribution < 1.29 is 0 Å². The van der Waals surface area contributed by atoms with Gasteiger partial charge >= 0.3 is 0 Å². The molecule has 0 atom stereocenters. The first-order valence-electron chi connectivity index (χ1n) is 3.67.